The molecule has 0 amide bonds. The van der Waals surface area contributed by atoms with Gasteiger partial charge in [0.25, 0.3) is 0 Å². The Morgan fingerprint density at radius 2 is 1.88 bits per heavy atom. The number of ether oxygens (including phenoxy) is 1. The van der Waals surface area contributed by atoms with Crippen LogP contribution in [0.2, 0.25) is 10.2 Å². The molecule has 2 aliphatic carbocycles. The van der Waals surface area contributed by atoms with E-state index in [0.29, 0.717) is 27.6 Å². The predicted octanol–water partition coefficient (Wildman–Crippen LogP) is 6.00. The summed E-state index contributed by atoms with van der Waals surface area (Å²) in [6.45, 7) is 4.91. The Morgan fingerprint density at radius 1 is 1.09 bits per heavy atom. The third-order valence-electron chi connectivity index (χ3n) is 6.95. The van der Waals surface area contributed by atoms with Crippen LogP contribution in [0.3, 0.4) is 0 Å². The summed E-state index contributed by atoms with van der Waals surface area (Å²) in [6, 6.07) is 4.80. The second-order valence-electron chi connectivity index (χ2n) is 9.75. The van der Waals surface area contributed by atoms with Gasteiger partial charge in [0.05, 0.1) is 17.3 Å². The first kappa shape index (κ1) is 23.7. The number of anilines is 1. The molecule has 2 aliphatic rings. The summed E-state index contributed by atoms with van der Waals surface area (Å²) >= 11 is 12.9. The highest BCUT2D eigenvalue weighted by Crippen LogP contribution is 2.45. The second-order valence-corrected chi connectivity index (χ2v) is 10.5. The Balaban J connectivity index is 1.40. The molecule has 2 heterocycles. The van der Waals surface area contributed by atoms with E-state index in [1.165, 1.54) is 38.5 Å². The standard InChI is InChI=1S/C25H34Cl2N4O/c1-25(7-8-25)16-31-23-12-18(14-30-24(23)27)21-13-20(29-15-22(21)26)11-17-3-5-19(6-4-17)28-9-10-32-2/h12-15,17,19,28,31H,3-11,16H2,1-2H3. The minimum absolute atomic E-state index is 0.388. The van der Waals surface area contributed by atoms with Crippen molar-refractivity contribution in [2.24, 2.45) is 11.3 Å². The van der Waals surface area contributed by atoms with E-state index < -0.39 is 0 Å². The maximum absolute atomic E-state index is 6.54. The number of hydrogen-bond acceptors (Lipinski definition) is 5. The molecule has 2 fully saturated rings. The van der Waals surface area contributed by atoms with Gasteiger partial charge in [0, 0.05) is 55.5 Å². The summed E-state index contributed by atoms with van der Waals surface area (Å²) in [5, 5.41) is 8.22. The highest BCUT2D eigenvalue weighted by molar-refractivity contribution is 6.33. The molecule has 4 rings (SSSR count). The van der Waals surface area contributed by atoms with Crippen molar-refractivity contribution in [3.8, 4) is 11.1 Å². The SMILES string of the molecule is COCCNC1CCC(Cc2cc(-c3cnc(Cl)c(NCC4(C)CC4)c3)c(Cl)cn2)CC1. The van der Waals surface area contributed by atoms with Gasteiger partial charge in [-0.2, -0.15) is 0 Å². The molecule has 0 radical (unpaired) electrons. The van der Waals surface area contributed by atoms with Crippen molar-refractivity contribution in [2.45, 2.75) is 57.9 Å². The second kappa shape index (κ2) is 10.7. The monoisotopic (exact) mass is 476 g/mol. The third-order valence-corrected chi connectivity index (χ3v) is 7.56. The van der Waals surface area contributed by atoms with Gasteiger partial charge in [-0.1, -0.05) is 30.1 Å². The highest BCUT2D eigenvalue weighted by atomic mass is 35.5. The van der Waals surface area contributed by atoms with Crippen molar-refractivity contribution >= 4 is 28.9 Å². The molecule has 0 saturated heterocycles. The van der Waals surface area contributed by atoms with Crippen molar-refractivity contribution in [3.05, 3.63) is 40.4 Å². The van der Waals surface area contributed by atoms with Crippen molar-refractivity contribution < 1.29 is 4.74 Å². The molecule has 2 saturated carbocycles. The van der Waals surface area contributed by atoms with Crippen LogP contribution in [0, 0.1) is 11.3 Å². The average Bonchev–Trinajstić information content (AvgIpc) is 3.53. The normalized spacial score (nSPS) is 22.0. The van der Waals surface area contributed by atoms with Crippen LogP contribution in [-0.2, 0) is 11.2 Å². The molecular weight excluding hydrogens is 443 g/mol. The van der Waals surface area contributed by atoms with Crippen LogP contribution < -0.4 is 10.6 Å². The van der Waals surface area contributed by atoms with E-state index in [-0.39, 0.29) is 0 Å². The van der Waals surface area contributed by atoms with E-state index in [0.717, 1.165) is 48.6 Å². The molecule has 0 spiro atoms. The van der Waals surface area contributed by atoms with E-state index in [1.54, 1.807) is 19.5 Å². The average molecular weight is 477 g/mol. The van der Waals surface area contributed by atoms with Crippen LogP contribution >= 0.6 is 23.2 Å². The molecule has 0 unspecified atom stereocenters. The maximum Gasteiger partial charge on any atom is 0.152 e. The van der Waals surface area contributed by atoms with E-state index in [9.17, 15) is 0 Å². The van der Waals surface area contributed by atoms with Gasteiger partial charge < -0.3 is 15.4 Å². The Morgan fingerprint density at radius 3 is 2.59 bits per heavy atom. The van der Waals surface area contributed by atoms with Crippen LogP contribution in [-0.4, -0.2) is 42.8 Å². The maximum atomic E-state index is 6.54. The van der Waals surface area contributed by atoms with Crippen molar-refractivity contribution in [2.75, 3.05) is 32.1 Å². The first-order valence-electron chi connectivity index (χ1n) is 11.7. The van der Waals surface area contributed by atoms with E-state index in [4.69, 9.17) is 27.9 Å². The molecule has 5 nitrogen and oxygen atoms in total. The summed E-state index contributed by atoms with van der Waals surface area (Å²) in [5.41, 5.74) is 4.29. The Kier molecular flexibility index (Phi) is 7.93. The van der Waals surface area contributed by atoms with Crippen molar-refractivity contribution in [1.29, 1.82) is 0 Å². The molecule has 32 heavy (non-hydrogen) atoms. The quantitative estimate of drug-likeness (QED) is 0.325. The zero-order valence-electron chi connectivity index (χ0n) is 19.1. The number of pyridine rings is 2. The highest BCUT2D eigenvalue weighted by Gasteiger charge is 2.36. The van der Waals surface area contributed by atoms with Gasteiger partial charge >= 0.3 is 0 Å². The van der Waals surface area contributed by atoms with Gasteiger partial charge in [0.15, 0.2) is 5.15 Å². The molecule has 2 N–H and O–H groups in total. The summed E-state index contributed by atoms with van der Waals surface area (Å²) in [7, 11) is 1.75. The van der Waals surface area contributed by atoms with Crippen molar-refractivity contribution in [1.82, 2.24) is 15.3 Å². The fourth-order valence-corrected chi connectivity index (χ4v) is 4.85. The minimum Gasteiger partial charge on any atom is -0.383 e. The first-order chi connectivity index (χ1) is 15.5. The Hall–Kier alpha value is -1.40. The number of methoxy groups -OCH3 is 1. The van der Waals surface area contributed by atoms with Crippen LogP contribution in [0.25, 0.3) is 11.1 Å². The summed E-state index contributed by atoms with van der Waals surface area (Å²) in [5.74, 6) is 0.664. The number of rotatable bonds is 10. The van der Waals surface area contributed by atoms with Gasteiger partial charge in [-0.15, -0.1) is 0 Å². The smallest absolute Gasteiger partial charge is 0.152 e. The number of halogens is 2. The van der Waals surface area contributed by atoms with Crippen molar-refractivity contribution in [3.63, 3.8) is 0 Å². The van der Waals surface area contributed by atoms with Gasteiger partial charge in [-0.05, 0) is 68.4 Å². The molecule has 174 valence electrons. The first-order valence-corrected chi connectivity index (χ1v) is 12.5. The van der Waals surface area contributed by atoms with Crippen LogP contribution in [0.15, 0.2) is 24.5 Å². The topological polar surface area (TPSA) is 59.1 Å². The summed E-state index contributed by atoms with van der Waals surface area (Å²) in [6.07, 6.45) is 11.9. The predicted molar refractivity (Wildman–Crippen MR) is 133 cm³/mol. The lowest BCUT2D eigenvalue weighted by atomic mass is 9.83. The summed E-state index contributed by atoms with van der Waals surface area (Å²) < 4.78 is 5.14. The molecule has 7 heteroatoms. The van der Waals surface area contributed by atoms with E-state index in [2.05, 4.69) is 39.7 Å². The van der Waals surface area contributed by atoms with Crippen LogP contribution in [0.5, 0.6) is 0 Å². The van der Waals surface area contributed by atoms with Crippen LogP contribution in [0.1, 0.15) is 51.1 Å². The van der Waals surface area contributed by atoms with Gasteiger partial charge in [0.1, 0.15) is 0 Å². The fraction of sp³-hybridized carbons (Fsp3) is 0.600. The minimum atomic E-state index is 0.388. The lowest BCUT2D eigenvalue weighted by Gasteiger charge is -2.29. The van der Waals surface area contributed by atoms with Crippen LogP contribution in [0.4, 0.5) is 5.69 Å². The molecular formula is C25H34Cl2N4O. The fourth-order valence-electron chi connectivity index (χ4n) is 4.46. The van der Waals surface area contributed by atoms with Gasteiger partial charge in [0.2, 0.25) is 0 Å². The zero-order valence-corrected chi connectivity index (χ0v) is 20.6. The van der Waals surface area contributed by atoms with Gasteiger partial charge in [-0.25, -0.2) is 4.98 Å². The lowest BCUT2D eigenvalue weighted by Crippen LogP contribution is -2.35. The zero-order chi connectivity index (χ0) is 22.6. The number of nitrogens with zero attached hydrogens (tertiary/aromatic N) is 2. The molecule has 0 atom stereocenters. The Bertz CT molecular complexity index is 911. The number of nitrogens with one attached hydrogen (secondary N) is 2. The largest absolute Gasteiger partial charge is 0.383 e. The number of hydrogen-bond donors (Lipinski definition) is 2. The molecule has 2 aromatic rings. The van der Waals surface area contributed by atoms with Gasteiger partial charge in [-0.3, -0.25) is 4.98 Å². The lowest BCUT2D eigenvalue weighted by molar-refractivity contribution is 0.188. The molecule has 0 aliphatic heterocycles. The summed E-state index contributed by atoms with van der Waals surface area (Å²) in [4.78, 5) is 9.04. The number of aromatic nitrogens is 2. The van der Waals surface area contributed by atoms with E-state index >= 15 is 0 Å². The van der Waals surface area contributed by atoms with E-state index in [1.807, 2.05) is 0 Å². The molecule has 0 bridgehead atoms. The molecule has 2 aromatic heterocycles. The third kappa shape index (κ3) is 6.34. The molecule has 0 aromatic carbocycles. The Labute approximate surface area is 201 Å².